The van der Waals surface area contributed by atoms with Gasteiger partial charge in [-0.25, -0.2) is 19.9 Å². The molecule has 1 saturated heterocycles. The summed E-state index contributed by atoms with van der Waals surface area (Å²) in [4.78, 5) is 19.7. The molecule has 1 fully saturated rings. The van der Waals surface area contributed by atoms with Gasteiger partial charge in [0.05, 0.1) is 5.69 Å². The Kier molecular flexibility index (Phi) is 4.61. The minimum atomic E-state index is 0.434. The van der Waals surface area contributed by atoms with E-state index in [0.717, 1.165) is 31.7 Å². The Balaban J connectivity index is 1.41. The summed E-state index contributed by atoms with van der Waals surface area (Å²) in [6.45, 7) is 3.10. The van der Waals surface area contributed by atoms with Crippen molar-refractivity contribution in [1.82, 2.24) is 24.8 Å². The SMILES string of the molecule is c1ccc(CN2CCC(c3ccnc(Nc4ncccn4)n3)C2)cc1. The van der Waals surface area contributed by atoms with Crippen LogP contribution in [0.5, 0.6) is 0 Å². The number of nitrogens with one attached hydrogen (secondary N) is 1. The predicted octanol–water partition coefficient (Wildman–Crippen LogP) is 3.00. The Morgan fingerprint density at radius 3 is 2.56 bits per heavy atom. The van der Waals surface area contributed by atoms with E-state index >= 15 is 0 Å². The maximum atomic E-state index is 4.66. The molecule has 0 saturated carbocycles. The molecule has 6 heteroatoms. The third kappa shape index (κ3) is 3.97. The summed E-state index contributed by atoms with van der Waals surface area (Å²) in [5.74, 6) is 1.49. The van der Waals surface area contributed by atoms with E-state index < -0.39 is 0 Å². The van der Waals surface area contributed by atoms with E-state index in [0.29, 0.717) is 17.8 Å². The summed E-state index contributed by atoms with van der Waals surface area (Å²) in [5.41, 5.74) is 2.43. The van der Waals surface area contributed by atoms with Crippen molar-refractivity contribution < 1.29 is 0 Å². The summed E-state index contributed by atoms with van der Waals surface area (Å²) in [7, 11) is 0. The van der Waals surface area contributed by atoms with Gasteiger partial charge in [0.25, 0.3) is 0 Å². The number of nitrogens with zero attached hydrogens (tertiary/aromatic N) is 5. The second kappa shape index (κ2) is 7.36. The van der Waals surface area contributed by atoms with Gasteiger partial charge in [0.15, 0.2) is 0 Å². The first-order valence-corrected chi connectivity index (χ1v) is 8.50. The van der Waals surface area contributed by atoms with Crippen LogP contribution in [0.2, 0.25) is 0 Å². The van der Waals surface area contributed by atoms with Crippen LogP contribution in [-0.2, 0) is 6.54 Å². The summed E-state index contributed by atoms with van der Waals surface area (Å²) >= 11 is 0. The third-order valence-corrected chi connectivity index (χ3v) is 4.41. The zero-order valence-corrected chi connectivity index (χ0v) is 13.9. The second-order valence-corrected chi connectivity index (χ2v) is 6.21. The van der Waals surface area contributed by atoms with Crippen LogP contribution in [0.4, 0.5) is 11.9 Å². The first-order valence-electron chi connectivity index (χ1n) is 8.50. The fraction of sp³-hybridized carbons (Fsp3) is 0.263. The summed E-state index contributed by atoms with van der Waals surface area (Å²) < 4.78 is 0. The van der Waals surface area contributed by atoms with Gasteiger partial charge >= 0.3 is 0 Å². The molecule has 1 unspecified atom stereocenters. The molecule has 1 aliphatic rings. The van der Waals surface area contributed by atoms with E-state index in [-0.39, 0.29) is 0 Å². The summed E-state index contributed by atoms with van der Waals surface area (Å²) in [5, 5.41) is 3.06. The zero-order valence-electron chi connectivity index (χ0n) is 13.9. The van der Waals surface area contributed by atoms with Crippen LogP contribution in [-0.4, -0.2) is 37.9 Å². The van der Waals surface area contributed by atoms with Crippen LogP contribution in [0.15, 0.2) is 61.1 Å². The Morgan fingerprint density at radius 2 is 1.72 bits per heavy atom. The van der Waals surface area contributed by atoms with Crippen LogP contribution < -0.4 is 5.32 Å². The van der Waals surface area contributed by atoms with Crippen molar-refractivity contribution in [3.63, 3.8) is 0 Å². The topological polar surface area (TPSA) is 66.8 Å². The molecule has 1 N–H and O–H groups in total. The van der Waals surface area contributed by atoms with E-state index in [1.807, 2.05) is 6.07 Å². The van der Waals surface area contributed by atoms with Gasteiger partial charge in [0, 0.05) is 37.6 Å². The highest BCUT2D eigenvalue weighted by atomic mass is 15.2. The zero-order chi connectivity index (χ0) is 16.9. The summed E-state index contributed by atoms with van der Waals surface area (Å²) in [6.07, 6.45) is 6.30. The number of rotatable bonds is 5. The molecule has 0 spiro atoms. The van der Waals surface area contributed by atoms with Gasteiger partial charge in [-0.15, -0.1) is 0 Å². The van der Waals surface area contributed by atoms with Gasteiger partial charge in [-0.3, -0.25) is 10.2 Å². The number of aromatic nitrogens is 4. The number of anilines is 2. The molecule has 3 heterocycles. The standard InChI is InChI=1S/C19H20N6/c1-2-5-15(6-3-1)13-25-12-8-16(14-25)17-7-11-22-19(23-17)24-18-20-9-4-10-21-18/h1-7,9-11,16H,8,12-14H2,(H,20,21,22,23,24). The first kappa shape index (κ1) is 15.7. The van der Waals surface area contributed by atoms with Crippen molar-refractivity contribution in [3.05, 3.63) is 72.3 Å². The van der Waals surface area contributed by atoms with E-state index in [1.165, 1.54) is 5.56 Å². The highest BCUT2D eigenvalue weighted by molar-refractivity contribution is 5.41. The minimum Gasteiger partial charge on any atom is -0.298 e. The molecule has 1 aliphatic heterocycles. The Labute approximate surface area is 147 Å². The van der Waals surface area contributed by atoms with Gasteiger partial charge in [0.1, 0.15) is 0 Å². The maximum Gasteiger partial charge on any atom is 0.229 e. The van der Waals surface area contributed by atoms with Gasteiger partial charge in [-0.1, -0.05) is 30.3 Å². The molecule has 6 nitrogen and oxygen atoms in total. The largest absolute Gasteiger partial charge is 0.298 e. The van der Waals surface area contributed by atoms with E-state index in [2.05, 4.69) is 60.5 Å². The molecule has 4 rings (SSSR count). The molecule has 0 aliphatic carbocycles. The van der Waals surface area contributed by atoms with Crippen LogP contribution in [0, 0.1) is 0 Å². The molecular formula is C19H20N6. The van der Waals surface area contributed by atoms with Crippen molar-refractivity contribution in [2.45, 2.75) is 18.9 Å². The molecule has 126 valence electrons. The number of hydrogen-bond donors (Lipinski definition) is 1. The van der Waals surface area contributed by atoms with Gasteiger partial charge in [-0.05, 0) is 30.7 Å². The maximum absolute atomic E-state index is 4.66. The van der Waals surface area contributed by atoms with Crippen LogP contribution in [0.25, 0.3) is 0 Å². The van der Waals surface area contributed by atoms with Crippen molar-refractivity contribution >= 4 is 11.9 Å². The molecule has 2 aromatic heterocycles. The average molecular weight is 332 g/mol. The molecule has 1 atom stereocenters. The number of benzene rings is 1. The van der Waals surface area contributed by atoms with Gasteiger partial charge in [-0.2, -0.15) is 0 Å². The molecule has 3 aromatic rings. The number of hydrogen-bond acceptors (Lipinski definition) is 6. The van der Waals surface area contributed by atoms with Crippen molar-refractivity contribution in [2.24, 2.45) is 0 Å². The second-order valence-electron chi connectivity index (χ2n) is 6.21. The van der Waals surface area contributed by atoms with E-state index in [1.54, 1.807) is 24.7 Å². The van der Waals surface area contributed by atoms with Crippen molar-refractivity contribution in [3.8, 4) is 0 Å². The molecular weight excluding hydrogens is 312 g/mol. The highest BCUT2D eigenvalue weighted by Crippen LogP contribution is 2.27. The van der Waals surface area contributed by atoms with E-state index in [4.69, 9.17) is 0 Å². The van der Waals surface area contributed by atoms with E-state index in [9.17, 15) is 0 Å². The average Bonchev–Trinajstić information content (AvgIpc) is 3.12. The monoisotopic (exact) mass is 332 g/mol. The Morgan fingerprint density at radius 1 is 0.920 bits per heavy atom. The normalized spacial score (nSPS) is 17.5. The minimum absolute atomic E-state index is 0.434. The lowest BCUT2D eigenvalue weighted by Gasteiger charge is -2.16. The van der Waals surface area contributed by atoms with Crippen LogP contribution >= 0.6 is 0 Å². The molecule has 25 heavy (non-hydrogen) atoms. The molecule has 0 amide bonds. The molecule has 1 aromatic carbocycles. The van der Waals surface area contributed by atoms with Crippen molar-refractivity contribution in [2.75, 3.05) is 18.4 Å². The Hall–Kier alpha value is -2.86. The first-order chi connectivity index (χ1) is 12.4. The lowest BCUT2D eigenvalue weighted by atomic mass is 10.1. The third-order valence-electron chi connectivity index (χ3n) is 4.41. The molecule has 0 radical (unpaired) electrons. The quantitative estimate of drug-likeness (QED) is 0.775. The Bertz CT molecular complexity index is 808. The molecule has 0 bridgehead atoms. The van der Waals surface area contributed by atoms with Crippen LogP contribution in [0.3, 0.4) is 0 Å². The summed E-state index contributed by atoms with van der Waals surface area (Å²) in [6, 6.07) is 14.4. The predicted molar refractivity (Wildman–Crippen MR) is 96.4 cm³/mol. The fourth-order valence-corrected chi connectivity index (χ4v) is 3.18. The number of likely N-dealkylation sites (tertiary alicyclic amines) is 1. The lowest BCUT2D eigenvalue weighted by molar-refractivity contribution is 0.326. The van der Waals surface area contributed by atoms with Crippen LogP contribution in [0.1, 0.15) is 23.6 Å². The van der Waals surface area contributed by atoms with Crippen molar-refractivity contribution in [1.29, 1.82) is 0 Å². The highest BCUT2D eigenvalue weighted by Gasteiger charge is 2.25. The smallest absolute Gasteiger partial charge is 0.229 e. The fourth-order valence-electron chi connectivity index (χ4n) is 3.18. The van der Waals surface area contributed by atoms with Gasteiger partial charge in [0.2, 0.25) is 11.9 Å². The van der Waals surface area contributed by atoms with Gasteiger partial charge < -0.3 is 0 Å². The lowest BCUT2D eigenvalue weighted by Crippen LogP contribution is -2.20.